The average molecular weight is 215 g/mol. The van der Waals surface area contributed by atoms with Crippen molar-refractivity contribution in [2.45, 2.75) is 24.8 Å². The van der Waals surface area contributed by atoms with Crippen molar-refractivity contribution < 1.29 is 18.3 Å². The van der Waals surface area contributed by atoms with Gasteiger partial charge in [-0.3, -0.25) is 0 Å². The van der Waals surface area contributed by atoms with Crippen molar-refractivity contribution in [3.05, 3.63) is 24.0 Å². The number of alkyl halides is 2. The van der Waals surface area contributed by atoms with Gasteiger partial charge in [-0.05, 0) is 6.07 Å². The van der Waals surface area contributed by atoms with E-state index in [0.29, 0.717) is 5.56 Å². The van der Waals surface area contributed by atoms with Crippen LogP contribution in [0.15, 0.2) is 18.5 Å². The van der Waals surface area contributed by atoms with Crippen LogP contribution in [0.25, 0.3) is 0 Å². The summed E-state index contributed by atoms with van der Waals surface area (Å²) in [5, 5.41) is 0. The van der Waals surface area contributed by atoms with E-state index in [1.807, 2.05) is 0 Å². The highest BCUT2D eigenvalue weighted by Crippen LogP contribution is 2.45. The summed E-state index contributed by atoms with van der Waals surface area (Å²) in [5.41, 5.74) is 0.396. The lowest BCUT2D eigenvalue weighted by Gasteiger charge is -2.35. The predicted octanol–water partition coefficient (Wildman–Crippen LogP) is 2.24. The van der Waals surface area contributed by atoms with Crippen molar-refractivity contribution in [3.8, 4) is 0 Å². The van der Waals surface area contributed by atoms with Gasteiger partial charge in [-0.15, -0.1) is 0 Å². The molecule has 5 heteroatoms. The number of hydrogen-bond donors (Lipinski definition) is 0. The number of aromatic nitrogens is 1. The number of ether oxygens (including phenoxy) is 1. The maximum atomic E-state index is 12.6. The minimum atomic E-state index is -2.54. The third-order valence-electron chi connectivity index (χ3n) is 2.63. The number of carbonyl (C=O) groups is 1. The zero-order valence-electron chi connectivity index (χ0n) is 8.24. The minimum absolute atomic E-state index is 0.151. The number of nitrogens with zero attached hydrogens (tertiary/aromatic N) is 1. The van der Waals surface area contributed by atoms with Crippen LogP contribution in [0.2, 0.25) is 0 Å². The summed E-state index contributed by atoms with van der Waals surface area (Å²) in [6.45, 7) is 0. The summed E-state index contributed by atoms with van der Waals surface area (Å²) in [7, 11) is 1.29. The highest BCUT2D eigenvalue weighted by atomic mass is 19.3. The molecule has 1 aromatic heterocycles. The Morgan fingerprint density at radius 2 is 2.27 bits per heavy atom. The van der Waals surface area contributed by atoms with Crippen LogP contribution in [0.4, 0.5) is 8.78 Å². The molecule has 0 radical (unpaired) electrons. The molecule has 1 aliphatic rings. The molecule has 0 aromatic carbocycles. The molecule has 0 amide bonds. The van der Waals surface area contributed by atoms with Crippen LogP contribution in [-0.4, -0.2) is 23.6 Å². The van der Waals surface area contributed by atoms with Gasteiger partial charge in [0, 0.05) is 31.3 Å². The summed E-state index contributed by atoms with van der Waals surface area (Å²) in [5.74, 6) is -2.99. The fourth-order valence-corrected chi connectivity index (χ4v) is 1.72. The van der Waals surface area contributed by atoms with Gasteiger partial charge in [-0.1, -0.05) is 0 Å². The normalized spacial score (nSPS) is 19.7. The first-order valence-electron chi connectivity index (χ1n) is 4.65. The van der Waals surface area contributed by atoms with Crippen molar-refractivity contribution in [2.75, 3.05) is 7.11 Å². The number of methoxy groups -OCH3 is 1. The lowest BCUT2D eigenvalue weighted by atomic mass is 9.88. The van der Waals surface area contributed by atoms with E-state index in [2.05, 4.69) is 4.74 Å². The van der Waals surface area contributed by atoms with E-state index < -0.39 is 11.9 Å². The van der Waals surface area contributed by atoms with Gasteiger partial charge >= 0.3 is 5.97 Å². The van der Waals surface area contributed by atoms with E-state index in [1.54, 1.807) is 23.0 Å². The Hall–Kier alpha value is -1.39. The first-order valence-corrected chi connectivity index (χ1v) is 4.65. The quantitative estimate of drug-likeness (QED) is 0.708. The molecule has 0 N–H and O–H groups in total. The number of esters is 1. The molecule has 0 spiro atoms. The Balaban J connectivity index is 2.06. The zero-order valence-corrected chi connectivity index (χ0v) is 8.24. The maximum Gasteiger partial charge on any atom is 0.339 e. The van der Waals surface area contributed by atoms with Crippen molar-refractivity contribution in [1.82, 2.24) is 4.57 Å². The second-order valence-corrected chi connectivity index (χ2v) is 3.76. The predicted molar refractivity (Wildman–Crippen MR) is 49.0 cm³/mol. The van der Waals surface area contributed by atoms with Gasteiger partial charge in [0.1, 0.15) is 0 Å². The van der Waals surface area contributed by atoms with Crippen LogP contribution in [0.3, 0.4) is 0 Å². The first kappa shape index (κ1) is 10.1. The summed E-state index contributed by atoms with van der Waals surface area (Å²) >= 11 is 0. The second-order valence-electron chi connectivity index (χ2n) is 3.76. The van der Waals surface area contributed by atoms with Crippen molar-refractivity contribution in [3.63, 3.8) is 0 Å². The lowest BCUT2D eigenvalue weighted by Crippen LogP contribution is -2.36. The van der Waals surface area contributed by atoms with Crippen LogP contribution in [-0.2, 0) is 4.74 Å². The van der Waals surface area contributed by atoms with Crippen LogP contribution in [0.5, 0.6) is 0 Å². The zero-order chi connectivity index (χ0) is 11.1. The molecule has 0 unspecified atom stereocenters. The second kappa shape index (κ2) is 3.32. The van der Waals surface area contributed by atoms with Crippen molar-refractivity contribution in [1.29, 1.82) is 0 Å². The molecule has 0 saturated heterocycles. The Kier molecular flexibility index (Phi) is 2.25. The van der Waals surface area contributed by atoms with Crippen LogP contribution in [0, 0.1) is 0 Å². The average Bonchev–Trinajstić information content (AvgIpc) is 2.61. The van der Waals surface area contributed by atoms with Crippen molar-refractivity contribution >= 4 is 5.97 Å². The van der Waals surface area contributed by atoms with Crippen LogP contribution < -0.4 is 0 Å². The van der Waals surface area contributed by atoms with Crippen LogP contribution in [0.1, 0.15) is 29.2 Å². The van der Waals surface area contributed by atoms with Gasteiger partial charge in [0.15, 0.2) is 0 Å². The lowest BCUT2D eigenvalue weighted by molar-refractivity contribution is -0.104. The molecule has 1 fully saturated rings. The molecular formula is C10H11F2NO2. The standard InChI is InChI=1S/C10H11F2NO2/c1-15-9(14)7-2-3-13(6-7)8-4-10(11,12)5-8/h2-3,6,8H,4-5H2,1H3. The molecule has 82 valence electrons. The number of carbonyl (C=O) groups excluding carboxylic acids is 1. The molecule has 3 nitrogen and oxygen atoms in total. The topological polar surface area (TPSA) is 31.2 Å². The molecule has 0 bridgehead atoms. The summed E-state index contributed by atoms with van der Waals surface area (Å²) < 4.78 is 31.4. The Morgan fingerprint density at radius 3 is 2.80 bits per heavy atom. The summed E-state index contributed by atoms with van der Waals surface area (Å²) in [6, 6.07) is 1.38. The Bertz CT molecular complexity index is 379. The number of halogens is 2. The van der Waals surface area contributed by atoms with E-state index in [-0.39, 0.29) is 18.9 Å². The van der Waals surface area contributed by atoms with E-state index in [4.69, 9.17) is 0 Å². The first-order chi connectivity index (χ1) is 7.02. The summed E-state index contributed by atoms with van der Waals surface area (Å²) in [6.07, 6.45) is 2.88. The van der Waals surface area contributed by atoms with Gasteiger partial charge in [0.2, 0.25) is 0 Å². The van der Waals surface area contributed by atoms with E-state index in [0.717, 1.165) is 0 Å². The maximum absolute atomic E-state index is 12.6. The van der Waals surface area contributed by atoms with E-state index >= 15 is 0 Å². The highest BCUT2D eigenvalue weighted by Gasteiger charge is 2.46. The molecule has 2 rings (SSSR count). The number of rotatable bonds is 2. The van der Waals surface area contributed by atoms with Gasteiger partial charge in [0.25, 0.3) is 5.92 Å². The molecule has 1 heterocycles. The molecule has 1 aromatic rings. The third kappa shape index (κ3) is 1.86. The van der Waals surface area contributed by atoms with Gasteiger partial charge in [-0.25, -0.2) is 13.6 Å². The fraction of sp³-hybridized carbons (Fsp3) is 0.500. The van der Waals surface area contributed by atoms with Crippen LogP contribution >= 0.6 is 0 Å². The van der Waals surface area contributed by atoms with E-state index in [9.17, 15) is 13.6 Å². The number of hydrogen-bond acceptors (Lipinski definition) is 2. The monoisotopic (exact) mass is 215 g/mol. The van der Waals surface area contributed by atoms with E-state index in [1.165, 1.54) is 7.11 Å². The Labute approximate surface area is 85.6 Å². The fourth-order valence-electron chi connectivity index (χ4n) is 1.72. The third-order valence-corrected chi connectivity index (χ3v) is 2.63. The smallest absolute Gasteiger partial charge is 0.339 e. The van der Waals surface area contributed by atoms with Gasteiger partial charge in [-0.2, -0.15) is 0 Å². The van der Waals surface area contributed by atoms with Gasteiger partial charge in [0.05, 0.1) is 12.7 Å². The molecule has 0 aliphatic heterocycles. The molecular weight excluding hydrogens is 204 g/mol. The van der Waals surface area contributed by atoms with Gasteiger partial charge < -0.3 is 9.30 Å². The molecule has 1 saturated carbocycles. The largest absolute Gasteiger partial charge is 0.465 e. The molecule has 0 atom stereocenters. The molecule has 1 aliphatic carbocycles. The highest BCUT2D eigenvalue weighted by molar-refractivity contribution is 5.89. The van der Waals surface area contributed by atoms with Crippen molar-refractivity contribution in [2.24, 2.45) is 0 Å². The minimum Gasteiger partial charge on any atom is -0.465 e. The molecule has 15 heavy (non-hydrogen) atoms. The SMILES string of the molecule is COC(=O)c1ccn(C2CC(F)(F)C2)c1. The summed E-state index contributed by atoms with van der Waals surface area (Å²) in [4.78, 5) is 11.1. The Morgan fingerprint density at radius 1 is 1.60 bits per heavy atom.